The molecule has 0 aliphatic rings. The molecule has 0 amide bonds. The van der Waals surface area contributed by atoms with E-state index in [-0.39, 0.29) is 17.6 Å². The molecule has 0 radical (unpaired) electrons. The number of hydrogen-bond acceptors (Lipinski definition) is 5. The van der Waals surface area contributed by atoms with Crippen LogP contribution >= 0.6 is 0 Å². The number of aromatic nitrogens is 2. The zero-order valence-electron chi connectivity index (χ0n) is 7.90. The molecule has 0 aliphatic heterocycles. The topological polar surface area (TPSA) is 74.2 Å². The summed E-state index contributed by atoms with van der Waals surface area (Å²) in [5.41, 5.74) is 5.73. The Morgan fingerprint density at radius 2 is 2.27 bits per heavy atom. The van der Waals surface area contributed by atoms with Crippen LogP contribution in [0, 0.1) is 5.82 Å². The van der Waals surface area contributed by atoms with Crippen LogP contribution in [0.15, 0.2) is 22.7 Å². The SMILES string of the molecule is COc1ccc(-c2nc(N)no2)cc1F. The number of hydrogen-bond donors (Lipinski definition) is 1. The Balaban J connectivity index is 2.42. The third-order valence-corrected chi connectivity index (χ3v) is 1.84. The molecule has 5 nitrogen and oxygen atoms in total. The van der Waals surface area contributed by atoms with Crippen LogP contribution in [-0.4, -0.2) is 17.3 Å². The number of ether oxygens (including phenoxy) is 1. The number of rotatable bonds is 2. The van der Waals surface area contributed by atoms with E-state index in [1.165, 1.54) is 19.2 Å². The maximum absolute atomic E-state index is 13.3. The molecule has 78 valence electrons. The van der Waals surface area contributed by atoms with Crippen molar-refractivity contribution in [2.24, 2.45) is 0 Å². The van der Waals surface area contributed by atoms with Crippen LogP contribution in [0.1, 0.15) is 0 Å². The lowest BCUT2D eigenvalue weighted by molar-refractivity contribution is 0.386. The fourth-order valence-corrected chi connectivity index (χ4v) is 1.15. The van der Waals surface area contributed by atoms with E-state index in [0.717, 1.165) is 0 Å². The normalized spacial score (nSPS) is 10.3. The first kappa shape index (κ1) is 9.45. The van der Waals surface area contributed by atoms with Crippen molar-refractivity contribution in [3.05, 3.63) is 24.0 Å². The Labute approximate surface area is 84.7 Å². The molecule has 1 aromatic heterocycles. The van der Waals surface area contributed by atoms with Gasteiger partial charge in [-0.15, -0.1) is 0 Å². The number of nitrogen functional groups attached to an aromatic ring is 1. The van der Waals surface area contributed by atoms with Crippen LogP contribution in [0.5, 0.6) is 5.75 Å². The summed E-state index contributed by atoms with van der Waals surface area (Å²) >= 11 is 0. The number of halogens is 1. The van der Waals surface area contributed by atoms with Crippen LogP contribution in [0.3, 0.4) is 0 Å². The fraction of sp³-hybridized carbons (Fsp3) is 0.111. The first-order valence-corrected chi connectivity index (χ1v) is 4.14. The van der Waals surface area contributed by atoms with E-state index in [9.17, 15) is 4.39 Å². The van der Waals surface area contributed by atoms with Gasteiger partial charge in [0, 0.05) is 5.56 Å². The van der Waals surface area contributed by atoms with Crippen molar-refractivity contribution < 1.29 is 13.7 Å². The Kier molecular flexibility index (Phi) is 2.24. The molecule has 6 heteroatoms. The van der Waals surface area contributed by atoms with Gasteiger partial charge in [-0.2, -0.15) is 4.98 Å². The van der Waals surface area contributed by atoms with Gasteiger partial charge < -0.3 is 15.0 Å². The van der Waals surface area contributed by atoms with Crippen molar-refractivity contribution in [1.82, 2.24) is 10.1 Å². The van der Waals surface area contributed by atoms with E-state index in [0.29, 0.717) is 5.56 Å². The van der Waals surface area contributed by atoms with Crippen LogP contribution < -0.4 is 10.5 Å². The summed E-state index contributed by atoms with van der Waals surface area (Å²) in [6.45, 7) is 0. The smallest absolute Gasteiger partial charge is 0.261 e. The number of benzene rings is 1. The van der Waals surface area contributed by atoms with Gasteiger partial charge in [0.15, 0.2) is 11.6 Å². The molecule has 2 aromatic rings. The average Bonchev–Trinajstić information content (AvgIpc) is 2.65. The number of anilines is 1. The highest BCUT2D eigenvalue weighted by molar-refractivity contribution is 5.55. The molecule has 2 rings (SSSR count). The molecule has 1 heterocycles. The molecule has 0 spiro atoms. The number of nitrogens with zero attached hydrogens (tertiary/aromatic N) is 2. The number of methoxy groups -OCH3 is 1. The Morgan fingerprint density at radius 1 is 1.47 bits per heavy atom. The molecule has 0 atom stereocenters. The van der Waals surface area contributed by atoms with E-state index < -0.39 is 5.82 Å². The summed E-state index contributed by atoms with van der Waals surface area (Å²) in [6.07, 6.45) is 0. The second-order valence-electron chi connectivity index (χ2n) is 2.81. The van der Waals surface area contributed by atoms with Gasteiger partial charge in [0.1, 0.15) is 0 Å². The molecule has 0 saturated carbocycles. The monoisotopic (exact) mass is 209 g/mol. The van der Waals surface area contributed by atoms with Gasteiger partial charge in [0.25, 0.3) is 11.8 Å². The molecule has 0 saturated heterocycles. The molecule has 1 aromatic carbocycles. The minimum absolute atomic E-state index is 0.0150. The van der Waals surface area contributed by atoms with Crippen LogP contribution in [-0.2, 0) is 0 Å². The molecule has 15 heavy (non-hydrogen) atoms. The van der Waals surface area contributed by atoms with Crippen molar-refractivity contribution in [1.29, 1.82) is 0 Å². The fourth-order valence-electron chi connectivity index (χ4n) is 1.15. The average molecular weight is 209 g/mol. The zero-order chi connectivity index (χ0) is 10.8. The molecule has 0 unspecified atom stereocenters. The Hall–Kier alpha value is -2.11. The second-order valence-corrected chi connectivity index (χ2v) is 2.81. The van der Waals surface area contributed by atoms with Gasteiger partial charge in [-0.1, -0.05) is 0 Å². The molecular weight excluding hydrogens is 201 g/mol. The minimum atomic E-state index is -0.494. The zero-order valence-corrected chi connectivity index (χ0v) is 7.90. The van der Waals surface area contributed by atoms with Gasteiger partial charge in [0.05, 0.1) is 7.11 Å². The quantitative estimate of drug-likeness (QED) is 0.810. The van der Waals surface area contributed by atoms with Crippen LogP contribution in [0.2, 0.25) is 0 Å². The molecular formula is C9H8FN3O2. The summed E-state index contributed by atoms with van der Waals surface area (Å²) in [7, 11) is 1.39. The third-order valence-electron chi connectivity index (χ3n) is 1.84. The number of nitrogens with two attached hydrogens (primary N) is 1. The largest absolute Gasteiger partial charge is 0.494 e. The van der Waals surface area contributed by atoms with Crippen LogP contribution in [0.25, 0.3) is 11.5 Å². The van der Waals surface area contributed by atoms with Crippen molar-refractivity contribution in [3.8, 4) is 17.2 Å². The van der Waals surface area contributed by atoms with Gasteiger partial charge in [0.2, 0.25) is 0 Å². The van der Waals surface area contributed by atoms with Gasteiger partial charge in [-0.05, 0) is 23.4 Å². The first-order valence-electron chi connectivity index (χ1n) is 4.14. The highest BCUT2D eigenvalue weighted by Crippen LogP contribution is 2.24. The Bertz CT molecular complexity index is 484. The second kappa shape index (κ2) is 3.56. The standard InChI is InChI=1S/C9H8FN3O2/c1-14-7-3-2-5(4-6(7)10)8-12-9(11)13-15-8/h2-4H,1H3,(H2,11,13). The molecule has 0 aliphatic carbocycles. The van der Waals surface area contributed by atoms with Crippen molar-refractivity contribution in [3.63, 3.8) is 0 Å². The highest BCUT2D eigenvalue weighted by atomic mass is 19.1. The van der Waals surface area contributed by atoms with E-state index >= 15 is 0 Å². The van der Waals surface area contributed by atoms with E-state index in [1.54, 1.807) is 6.07 Å². The first-order chi connectivity index (χ1) is 7.20. The third kappa shape index (κ3) is 1.74. The lowest BCUT2D eigenvalue weighted by Crippen LogP contribution is -1.89. The maximum atomic E-state index is 13.3. The highest BCUT2D eigenvalue weighted by Gasteiger charge is 2.10. The van der Waals surface area contributed by atoms with Crippen LogP contribution in [0.4, 0.5) is 10.3 Å². The summed E-state index contributed by atoms with van der Waals surface area (Å²) in [5, 5.41) is 3.40. The van der Waals surface area contributed by atoms with Gasteiger partial charge >= 0.3 is 0 Å². The van der Waals surface area contributed by atoms with E-state index in [4.69, 9.17) is 15.0 Å². The summed E-state index contributed by atoms with van der Waals surface area (Å²) < 4.78 is 22.9. The van der Waals surface area contributed by atoms with E-state index in [2.05, 4.69) is 10.1 Å². The van der Waals surface area contributed by atoms with Gasteiger partial charge in [-0.25, -0.2) is 4.39 Å². The molecule has 0 fully saturated rings. The van der Waals surface area contributed by atoms with Crippen molar-refractivity contribution in [2.45, 2.75) is 0 Å². The summed E-state index contributed by atoms with van der Waals surface area (Å²) in [5.74, 6) is -0.145. The van der Waals surface area contributed by atoms with E-state index in [1.807, 2.05) is 0 Å². The predicted octanol–water partition coefficient (Wildman–Crippen LogP) is 1.47. The van der Waals surface area contributed by atoms with Crippen molar-refractivity contribution in [2.75, 3.05) is 12.8 Å². The minimum Gasteiger partial charge on any atom is -0.494 e. The maximum Gasteiger partial charge on any atom is 0.261 e. The summed E-state index contributed by atoms with van der Waals surface area (Å²) in [4.78, 5) is 3.77. The Morgan fingerprint density at radius 3 is 2.80 bits per heavy atom. The lowest BCUT2D eigenvalue weighted by atomic mass is 10.2. The van der Waals surface area contributed by atoms with Gasteiger partial charge in [-0.3, -0.25) is 0 Å². The van der Waals surface area contributed by atoms with Crippen molar-refractivity contribution >= 4 is 5.95 Å². The summed E-state index contributed by atoms with van der Waals surface area (Å²) in [6, 6.07) is 4.33. The predicted molar refractivity (Wildman–Crippen MR) is 50.7 cm³/mol. The molecule has 0 bridgehead atoms. The lowest BCUT2D eigenvalue weighted by Gasteiger charge is -2.01. The molecule has 2 N–H and O–H groups in total.